The molecule has 0 spiro atoms. The van der Waals surface area contributed by atoms with Crippen LogP contribution in [0.15, 0.2) is 35.1 Å². The Balaban J connectivity index is 1.65. The van der Waals surface area contributed by atoms with Crippen molar-refractivity contribution in [2.75, 3.05) is 4.90 Å². The summed E-state index contributed by atoms with van der Waals surface area (Å²) in [6.45, 7) is 0.314. The second-order valence-electron chi connectivity index (χ2n) is 6.05. The van der Waals surface area contributed by atoms with Gasteiger partial charge in [0.1, 0.15) is 12.0 Å². The second-order valence-corrected chi connectivity index (χ2v) is 6.05. The highest BCUT2D eigenvalue weighted by Gasteiger charge is 2.32. The van der Waals surface area contributed by atoms with Crippen molar-refractivity contribution in [3.8, 4) is 17.2 Å². The van der Waals surface area contributed by atoms with Crippen LogP contribution in [0.2, 0.25) is 0 Å². The Hall–Kier alpha value is -3.16. The fraction of sp³-hybridized carbons (Fsp3) is 0.250. The van der Waals surface area contributed by atoms with Gasteiger partial charge in [-0.15, -0.1) is 0 Å². The third kappa shape index (κ3) is 1.86. The molecule has 1 aromatic carbocycles. The topological polar surface area (TPSA) is 103 Å². The molecule has 1 saturated carbocycles. The Labute approximate surface area is 136 Å². The first-order valence-electron chi connectivity index (χ1n) is 7.79. The van der Waals surface area contributed by atoms with Crippen LogP contribution in [0, 0.1) is 0 Å². The number of aromatic nitrogens is 4. The van der Waals surface area contributed by atoms with E-state index in [0.717, 1.165) is 29.9 Å². The Bertz CT molecular complexity index is 955. The fourth-order valence-corrected chi connectivity index (χ4v) is 3.07. The van der Waals surface area contributed by atoms with Gasteiger partial charge >= 0.3 is 6.03 Å². The van der Waals surface area contributed by atoms with E-state index in [1.807, 2.05) is 28.8 Å². The van der Waals surface area contributed by atoms with Crippen LogP contribution in [0.1, 0.15) is 30.3 Å². The lowest BCUT2D eigenvalue weighted by Crippen LogP contribution is -2.38. The Kier molecular flexibility index (Phi) is 2.59. The summed E-state index contributed by atoms with van der Waals surface area (Å²) in [5.74, 6) is 1.50. The van der Waals surface area contributed by atoms with Gasteiger partial charge in [0.25, 0.3) is 0 Å². The van der Waals surface area contributed by atoms with Gasteiger partial charge in [0.2, 0.25) is 11.7 Å². The smallest absolute Gasteiger partial charge is 0.319 e. The number of carbonyl (C=O) groups excluding carboxylic acids is 1. The maximum Gasteiger partial charge on any atom is 0.319 e. The number of hydrogen-bond acceptors (Lipinski definition) is 5. The van der Waals surface area contributed by atoms with Crippen molar-refractivity contribution in [3.63, 3.8) is 0 Å². The zero-order chi connectivity index (χ0) is 16.3. The zero-order valence-corrected chi connectivity index (χ0v) is 12.7. The molecule has 2 N–H and O–H groups in total. The lowest BCUT2D eigenvalue weighted by molar-refractivity contribution is 0.253. The Morgan fingerprint density at radius 3 is 2.79 bits per heavy atom. The van der Waals surface area contributed by atoms with Gasteiger partial charge in [-0.3, -0.25) is 9.47 Å². The van der Waals surface area contributed by atoms with Crippen LogP contribution in [0.3, 0.4) is 0 Å². The molecule has 1 aliphatic heterocycles. The minimum absolute atomic E-state index is 0.314. The SMILES string of the molecule is NC(=O)N1Cc2c(-c3noc(C4CC4)n3)ncn2-c2ccccc21. The molecule has 2 aliphatic rings. The average molecular weight is 322 g/mol. The number of hydrogen-bond donors (Lipinski definition) is 1. The lowest BCUT2D eigenvalue weighted by atomic mass is 10.1. The van der Waals surface area contributed by atoms with E-state index in [2.05, 4.69) is 15.1 Å². The van der Waals surface area contributed by atoms with Crippen molar-refractivity contribution < 1.29 is 9.32 Å². The van der Waals surface area contributed by atoms with E-state index in [0.29, 0.717) is 29.9 Å². The van der Waals surface area contributed by atoms with E-state index in [1.54, 1.807) is 6.33 Å². The van der Waals surface area contributed by atoms with E-state index < -0.39 is 6.03 Å². The molecule has 8 heteroatoms. The molecule has 3 aromatic rings. The molecule has 120 valence electrons. The van der Waals surface area contributed by atoms with E-state index in [9.17, 15) is 4.79 Å². The molecule has 2 amide bonds. The standard InChI is InChI=1S/C16H14N6O2/c17-16(23)21-7-12-13(14-19-15(24-20-14)9-5-6-9)18-8-22(12)11-4-2-1-3-10(11)21/h1-4,8-9H,5-7H2,(H2,17,23). The summed E-state index contributed by atoms with van der Waals surface area (Å²) in [4.78, 5) is 22.3. The van der Waals surface area contributed by atoms with E-state index in [4.69, 9.17) is 10.3 Å². The lowest BCUT2D eigenvalue weighted by Gasteiger charge is -2.29. The van der Waals surface area contributed by atoms with Gasteiger partial charge in [0.15, 0.2) is 0 Å². The molecular formula is C16H14N6O2. The highest BCUT2D eigenvalue weighted by molar-refractivity contribution is 5.94. The van der Waals surface area contributed by atoms with Crippen molar-refractivity contribution in [2.45, 2.75) is 25.3 Å². The number of urea groups is 1. The van der Waals surface area contributed by atoms with Crippen LogP contribution in [0.4, 0.5) is 10.5 Å². The third-order valence-corrected chi connectivity index (χ3v) is 4.45. The van der Waals surface area contributed by atoms with Crippen LogP contribution in [0.5, 0.6) is 0 Å². The number of imidazole rings is 1. The summed E-state index contributed by atoms with van der Waals surface area (Å²) in [5, 5.41) is 4.06. The quantitative estimate of drug-likeness (QED) is 0.779. The number of amides is 2. The van der Waals surface area contributed by atoms with Crippen LogP contribution in [0.25, 0.3) is 17.2 Å². The highest BCUT2D eigenvalue weighted by atomic mass is 16.5. The molecule has 24 heavy (non-hydrogen) atoms. The number of benzene rings is 1. The molecule has 0 radical (unpaired) electrons. The molecule has 0 atom stereocenters. The van der Waals surface area contributed by atoms with Gasteiger partial charge in [-0.25, -0.2) is 9.78 Å². The van der Waals surface area contributed by atoms with Gasteiger partial charge in [0, 0.05) is 5.92 Å². The summed E-state index contributed by atoms with van der Waals surface area (Å²) < 4.78 is 7.27. The monoisotopic (exact) mass is 322 g/mol. The predicted octanol–water partition coefficient (Wildman–Crippen LogP) is 2.20. The number of anilines is 1. The summed E-state index contributed by atoms with van der Waals surface area (Å²) in [7, 11) is 0. The molecule has 0 bridgehead atoms. The first kappa shape index (κ1) is 13.3. The highest BCUT2D eigenvalue weighted by Crippen LogP contribution is 2.40. The first-order chi connectivity index (χ1) is 11.7. The Morgan fingerprint density at radius 2 is 2.04 bits per heavy atom. The van der Waals surface area contributed by atoms with E-state index >= 15 is 0 Å². The normalized spacial score (nSPS) is 15.9. The third-order valence-electron chi connectivity index (χ3n) is 4.45. The van der Waals surface area contributed by atoms with Gasteiger partial charge in [-0.05, 0) is 25.0 Å². The second kappa shape index (κ2) is 4.67. The molecule has 0 saturated heterocycles. The predicted molar refractivity (Wildman–Crippen MR) is 84.6 cm³/mol. The Morgan fingerprint density at radius 1 is 1.25 bits per heavy atom. The molecule has 3 heterocycles. The maximum absolute atomic E-state index is 11.9. The van der Waals surface area contributed by atoms with Gasteiger partial charge in [-0.1, -0.05) is 17.3 Å². The molecule has 2 aromatic heterocycles. The van der Waals surface area contributed by atoms with E-state index in [1.165, 1.54) is 4.90 Å². The summed E-state index contributed by atoms with van der Waals surface area (Å²) in [5.41, 5.74) is 8.60. The summed E-state index contributed by atoms with van der Waals surface area (Å²) in [6, 6.07) is 7.06. The number of primary amides is 1. The number of nitrogens with zero attached hydrogens (tertiary/aromatic N) is 5. The molecule has 1 fully saturated rings. The molecule has 0 unspecified atom stereocenters. The summed E-state index contributed by atoms with van der Waals surface area (Å²) in [6.07, 6.45) is 3.90. The molecule has 8 nitrogen and oxygen atoms in total. The number of para-hydroxylation sites is 2. The maximum atomic E-state index is 11.9. The average Bonchev–Trinajstić information content (AvgIpc) is 3.17. The molecule has 5 rings (SSSR count). The first-order valence-corrected chi connectivity index (χ1v) is 7.79. The number of carbonyl (C=O) groups is 1. The number of rotatable bonds is 2. The van der Waals surface area contributed by atoms with Crippen molar-refractivity contribution in [2.24, 2.45) is 5.73 Å². The summed E-state index contributed by atoms with van der Waals surface area (Å²) >= 11 is 0. The van der Waals surface area contributed by atoms with Crippen molar-refractivity contribution in [3.05, 3.63) is 42.2 Å². The van der Waals surface area contributed by atoms with Crippen molar-refractivity contribution in [1.29, 1.82) is 0 Å². The minimum Gasteiger partial charge on any atom is -0.351 e. The fourth-order valence-electron chi connectivity index (χ4n) is 3.07. The van der Waals surface area contributed by atoms with Crippen molar-refractivity contribution >= 4 is 11.7 Å². The van der Waals surface area contributed by atoms with Crippen LogP contribution in [-0.4, -0.2) is 25.7 Å². The van der Waals surface area contributed by atoms with Gasteiger partial charge < -0.3 is 10.3 Å². The van der Waals surface area contributed by atoms with Gasteiger partial charge in [0.05, 0.1) is 23.6 Å². The van der Waals surface area contributed by atoms with Gasteiger partial charge in [-0.2, -0.15) is 4.98 Å². The van der Waals surface area contributed by atoms with Crippen LogP contribution < -0.4 is 10.6 Å². The van der Waals surface area contributed by atoms with Crippen molar-refractivity contribution in [1.82, 2.24) is 19.7 Å². The van der Waals surface area contributed by atoms with Crippen LogP contribution >= 0.6 is 0 Å². The molecular weight excluding hydrogens is 308 g/mol. The molecule has 1 aliphatic carbocycles. The number of nitrogens with two attached hydrogens (primary N) is 1. The van der Waals surface area contributed by atoms with E-state index in [-0.39, 0.29) is 0 Å². The largest absolute Gasteiger partial charge is 0.351 e. The van der Waals surface area contributed by atoms with Crippen LogP contribution in [-0.2, 0) is 6.54 Å². The number of fused-ring (bicyclic) bond motifs is 3. The zero-order valence-electron chi connectivity index (χ0n) is 12.7. The minimum atomic E-state index is -0.507.